The quantitative estimate of drug-likeness (QED) is 0.557. The van der Waals surface area contributed by atoms with Crippen LogP contribution in [-0.2, 0) is 15.8 Å². The highest BCUT2D eigenvalue weighted by Gasteiger charge is 2.30. The Labute approximate surface area is 149 Å². The molecule has 27 heavy (non-hydrogen) atoms. The van der Waals surface area contributed by atoms with Crippen molar-refractivity contribution < 1.29 is 36.6 Å². The van der Waals surface area contributed by atoms with Gasteiger partial charge in [0, 0.05) is 12.6 Å². The van der Waals surface area contributed by atoms with Crippen molar-refractivity contribution >= 4 is 17.5 Å². The fraction of sp³-hybridized carbons (Fsp3) is 0.176. The van der Waals surface area contributed by atoms with Crippen molar-refractivity contribution in [3.8, 4) is 0 Å². The van der Waals surface area contributed by atoms with E-state index in [1.54, 1.807) is 0 Å². The van der Waals surface area contributed by atoms with Crippen LogP contribution in [0.4, 0.5) is 27.6 Å². The summed E-state index contributed by atoms with van der Waals surface area (Å²) < 4.78 is 63.6. The van der Waals surface area contributed by atoms with Gasteiger partial charge >= 0.3 is 18.0 Å². The Morgan fingerprint density at radius 2 is 1.63 bits per heavy atom. The maximum atomic E-state index is 13.4. The van der Waals surface area contributed by atoms with E-state index in [4.69, 9.17) is 0 Å². The third kappa shape index (κ3) is 5.48. The number of nitrogens with one attached hydrogen (secondary N) is 2. The minimum atomic E-state index is -4.52. The summed E-state index contributed by atoms with van der Waals surface area (Å²) in [5, 5.41) is 13.9. The lowest BCUT2D eigenvalue weighted by atomic mass is 10.1. The zero-order valence-electron chi connectivity index (χ0n) is 13.5. The van der Waals surface area contributed by atoms with Crippen molar-refractivity contribution in [3.05, 3.63) is 65.2 Å². The summed E-state index contributed by atoms with van der Waals surface area (Å²) in [4.78, 5) is 23.3. The first-order valence-electron chi connectivity index (χ1n) is 7.47. The third-order valence-electron chi connectivity index (χ3n) is 3.46. The van der Waals surface area contributed by atoms with Crippen LogP contribution in [0.3, 0.4) is 0 Å². The standard InChI is InChI=1S/C17H13F5N2O3/c18-11-5-6-13(12(19)7-11)24-16(27)15(26)23-8-14(25)9-1-3-10(4-2-9)17(20,21)22/h1-7,14,25H,8H2,(H,23,26)(H,24,27). The van der Waals surface area contributed by atoms with Crippen LogP contribution >= 0.6 is 0 Å². The van der Waals surface area contributed by atoms with Gasteiger partial charge in [0.05, 0.1) is 17.4 Å². The maximum absolute atomic E-state index is 13.4. The van der Waals surface area contributed by atoms with Gasteiger partial charge in [0.1, 0.15) is 11.6 Å². The third-order valence-corrected chi connectivity index (χ3v) is 3.46. The zero-order chi connectivity index (χ0) is 20.2. The summed E-state index contributed by atoms with van der Waals surface area (Å²) in [7, 11) is 0. The van der Waals surface area contributed by atoms with Crippen molar-refractivity contribution in [2.75, 3.05) is 11.9 Å². The molecule has 2 aromatic carbocycles. The molecule has 3 N–H and O–H groups in total. The van der Waals surface area contributed by atoms with E-state index < -0.39 is 53.5 Å². The van der Waals surface area contributed by atoms with Crippen molar-refractivity contribution in [1.82, 2.24) is 5.32 Å². The molecule has 0 aliphatic rings. The number of aliphatic hydroxyl groups is 1. The van der Waals surface area contributed by atoms with Gasteiger partial charge in [-0.1, -0.05) is 12.1 Å². The first-order chi connectivity index (χ1) is 12.6. The lowest BCUT2D eigenvalue weighted by molar-refractivity contribution is -0.137. The van der Waals surface area contributed by atoms with Gasteiger partial charge in [0.2, 0.25) is 0 Å². The number of carbonyl (C=O) groups excluding carboxylic acids is 2. The molecule has 0 radical (unpaired) electrons. The second-order valence-electron chi connectivity index (χ2n) is 5.42. The second kappa shape index (κ2) is 8.12. The monoisotopic (exact) mass is 388 g/mol. The van der Waals surface area contributed by atoms with Crippen LogP contribution in [0.15, 0.2) is 42.5 Å². The minimum Gasteiger partial charge on any atom is -0.387 e. The molecule has 2 rings (SSSR count). The summed E-state index contributed by atoms with van der Waals surface area (Å²) in [6, 6.07) is 5.93. The van der Waals surface area contributed by atoms with Gasteiger partial charge in [0.15, 0.2) is 0 Å². The molecular weight excluding hydrogens is 375 g/mol. The van der Waals surface area contributed by atoms with Gasteiger partial charge in [-0.2, -0.15) is 13.2 Å². The van der Waals surface area contributed by atoms with Crippen LogP contribution in [0.2, 0.25) is 0 Å². The SMILES string of the molecule is O=C(NCC(O)c1ccc(C(F)(F)F)cc1)C(=O)Nc1ccc(F)cc1F. The normalized spacial score (nSPS) is 12.4. The molecule has 0 heterocycles. The number of anilines is 1. The molecule has 0 aliphatic heterocycles. The molecule has 5 nitrogen and oxygen atoms in total. The molecule has 1 atom stereocenters. The first kappa shape index (κ1) is 20.3. The van der Waals surface area contributed by atoms with E-state index in [2.05, 4.69) is 5.32 Å². The smallest absolute Gasteiger partial charge is 0.387 e. The fourth-order valence-electron chi connectivity index (χ4n) is 2.05. The van der Waals surface area contributed by atoms with Crippen LogP contribution in [0, 0.1) is 11.6 Å². The molecular formula is C17H13F5N2O3. The second-order valence-corrected chi connectivity index (χ2v) is 5.42. The number of benzene rings is 2. The number of alkyl halides is 3. The van der Waals surface area contributed by atoms with Crippen molar-refractivity contribution in [1.29, 1.82) is 0 Å². The van der Waals surface area contributed by atoms with Crippen LogP contribution in [0.25, 0.3) is 0 Å². The van der Waals surface area contributed by atoms with Crippen LogP contribution in [0.1, 0.15) is 17.2 Å². The molecule has 0 spiro atoms. The van der Waals surface area contributed by atoms with E-state index in [0.717, 1.165) is 36.4 Å². The predicted molar refractivity (Wildman–Crippen MR) is 84.4 cm³/mol. The molecule has 0 saturated carbocycles. The Balaban J connectivity index is 1.91. The molecule has 0 saturated heterocycles. The van der Waals surface area contributed by atoms with Crippen molar-refractivity contribution in [2.24, 2.45) is 0 Å². The van der Waals surface area contributed by atoms with Crippen LogP contribution in [0.5, 0.6) is 0 Å². The lowest BCUT2D eigenvalue weighted by Crippen LogP contribution is -2.37. The van der Waals surface area contributed by atoms with Crippen LogP contribution < -0.4 is 10.6 Å². The van der Waals surface area contributed by atoms with Gasteiger partial charge in [-0.05, 0) is 29.8 Å². The Morgan fingerprint density at radius 3 is 2.19 bits per heavy atom. The zero-order valence-corrected chi connectivity index (χ0v) is 13.5. The summed E-state index contributed by atoms with van der Waals surface area (Å²) in [6.45, 7) is -0.469. The number of aliphatic hydroxyl groups excluding tert-OH is 1. The lowest BCUT2D eigenvalue weighted by Gasteiger charge is -2.13. The maximum Gasteiger partial charge on any atom is 0.416 e. The van der Waals surface area contributed by atoms with Gasteiger partial charge in [-0.3, -0.25) is 9.59 Å². The molecule has 0 aromatic heterocycles. The summed E-state index contributed by atoms with van der Waals surface area (Å²) >= 11 is 0. The minimum absolute atomic E-state index is 0.0910. The molecule has 10 heteroatoms. The molecule has 0 fully saturated rings. The van der Waals surface area contributed by atoms with E-state index in [1.807, 2.05) is 5.32 Å². The molecule has 144 valence electrons. The number of hydrogen-bond acceptors (Lipinski definition) is 3. The number of amides is 2. The van der Waals surface area contributed by atoms with Gasteiger partial charge in [-0.15, -0.1) is 0 Å². The predicted octanol–water partition coefficient (Wildman–Crippen LogP) is 2.77. The average molecular weight is 388 g/mol. The highest BCUT2D eigenvalue weighted by molar-refractivity contribution is 6.39. The number of halogens is 5. The average Bonchev–Trinajstić information content (AvgIpc) is 2.61. The Bertz CT molecular complexity index is 837. The molecule has 2 amide bonds. The molecule has 2 aromatic rings. The van der Waals surface area contributed by atoms with E-state index in [1.165, 1.54) is 0 Å². The molecule has 0 aliphatic carbocycles. The topological polar surface area (TPSA) is 78.4 Å². The van der Waals surface area contributed by atoms with Gasteiger partial charge in [0.25, 0.3) is 0 Å². The number of hydrogen-bond donors (Lipinski definition) is 3. The Morgan fingerprint density at radius 1 is 1.00 bits per heavy atom. The highest BCUT2D eigenvalue weighted by Crippen LogP contribution is 2.29. The summed E-state index contributed by atoms with van der Waals surface area (Å²) in [6.07, 6.45) is -5.89. The summed E-state index contributed by atoms with van der Waals surface area (Å²) in [5.41, 5.74) is -1.23. The van der Waals surface area contributed by atoms with Crippen molar-refractivity contribution in [3.63, 3.8) is 0 Å². The van der Waals surface area contributed by atoms with Crippen molar-refractivity contribution in [2.45, 2.75) is 12.3 Å². The van der Waals surface area contributed by atoms with Gasteiger partial charge in [-0.25, -0.2) is 8.78 Å². The number of rotatable bonds is 4. The largest absolute Gasteiger partial charge is 0.416 e. The van der Waals surface area contributed by atoms with E-state index in [9.17, 15) is 36.6 Å². The number of carbonyl (C=O) groups is 2. The van der Waals surface area contributed by atoms with E-state index >= 15 is 0 Å². The molecule has 1 unspecified atom stereocenters. The summed E-state index contributed by atoms with van der Waals surface area (Å²) in [5.74, 6) is -4.43. The Hall–Kier alpha value is -3.01. The molecule has 0 bridgehead atoms. The van der Waals surface area contributed by atoms with E-state index in [0.29, 0.717) is 6.07 Å². The highest BCUT2D eigenvalue weighted by atomic mass is 19.4. The fourth-order valence-corrected chi connectivity index (χ4v) is 2.05. The Kier molecular flexibility index (Phi) is 6.11. The first-order valence-corrected chi connectivity index (χ1v) is 7.47. The van der Waals surface area contributed by atoms with Gasteiger partial charge < -0.3 is 15.7 Å². The van der Waals surface area contributed by atoms with E-state index in [-0.39, 0.29) is 5.56 Å². The van der Waals surface area contributed by atoms with Crippen LogP contribution in [-0.4, -0.2) is 23.5 Å².